The molecule has 1 aromatic rings. The molecule has 0 aliphatic carbocycles. The number of hydrogen-bond donors (Lipinski definition) is 0. The molecular weight excluding hydrogens is 242 g/mol. The maximum absolute atomic E-state index is 11.6. The molecule has 7 heteroatoms. The number of benzene rings is 1. The predicted octanol–water partition coefficient (Wildman–Crippen LogP) is 1.49. The summed E-state index contributed by atoms with van der Waals surface area (Å²) in [5.74, 6) is -0.136. The van der Waals surface area contributed by atoms with Crippen LogP contribution in [0.15, 0.2) is 33.7 Å². The number of amides is 1. The molecule has 1 aliphatic rings. The molecule has 0 spiro atoms. The van der Waals surface area contributed by atoms with Crippen molar-refractivity contribution in [1.82, 2.24) is 0 Å². The number of rotatable bonds is 2. The Labute approximate surface area is 99.3 Å². The third-order valence-electron chi connectivity index (χ3n) is 2.17. The van der Waals surface area contributed by atoms with Crippen LogP contribution in [-0.2, 0) is 15.3 Å². The summed E-state index contributed by atoms with van der Waals surface area (Å²) < 4.78 is 24.3. The van der Waals surface area contributed by atoms with E-state index in [9.17, 15) is 13.2 Å². The Kier molecular flexibility index (Phi) is 3.01. The first-order chi connectivity index (χ1) is 8.06. The average molecular weight is 251 g/mol. The van der Waals surface area contributed by atoms with Gasteiger partial charge in [-0.2, -0.15) is 13.5 Å². The van der Waals surface area contributed by atoms with E-state index in [1.807, 2.05) is 0 Å². The topological polar surface area (TPSA) is 79.2 Å². The highest BCUT2D eigenvalue weighted by Gasteiger charge is 2.22. The Morgan fingerprint density at radius 1 is 1.41 bits per heavy atom. The molecule has 0 saturated heterocycles. The molecule has 0 N–H and O–H groups in total. The second kappa shape index (κ2) is 4.46. The van der Waals surface area contributed by atoms with E-state index in [4.69, 9.17) is 0 Å². The van der Waals surface area contributed by atoms with Gasteiger partial charge in [-0.05, 0) is 25.1 Å². The van der Waals surface area contributed by atoms with Gasteiger partial charge in [0.15, 0.2) is 0 Å². The van der Waals surface area contributed by atoms with E-state index < -0.39 is 10.5 Å². The zero-order chi connectivity index (χ0) is 12.4. The van der Waals surface area contributed by atoms with E-state index in [-0.39, 0.29) is 18.0 Å². The summed E-state index contributed by atoms with van der Waals surface area (Å²) in [6.07, 6.45) is 0.287. The minimum atomic E-state index is -2.51. The minimum absolute atomic E-state index is 0.136. The third kappa shape index (κ3) is 2.56. The molecule has 6 nitrogen and oxygen atoms in total. The summed E-state index contributed by atoms with van der Waals surface area (Å²) in [5, 5.41) is 5.32. The molecule has 1 aromatic carbocycles. The lowest BCUT2D eigenvalue weighted by atomic mass is 10.2. The van der Waals surface area contributed by atoms with Gasteiger partial charge in [-0.25, -0.2) is 5.01 Å². The van der Waals surface area contributed by atoms with Gasteiger partial charge in [-0.15, -0.1) is 4.36 Å². The quantitative estimate of drug-likeness (QED) is 0.798. The molecular formula is C10H9N3O3S. The lowest BCUT2D eigenvalue weighted by molar-refractivity contribution is -0.116. The Balaban J connectivity index is 2.40. The van der Waals surface area contributed by atoms with Gasteiger partial charge < -0.3 is 0 Å². The highest BCUT2D eigenvalue weighted by molar-refractivity contribution is 7.61. The number of carbonyl (C=O) groups excluding carboxylic acids is 1. The number of hydrogen-bond acceptors (Lipinski definition) is 5. The van der Waals surface area contributed by atoms with E-state index in [1.54, 1.807) is 19.1 Å². The Bertz CT molecular complexity index is 626. The zero-order valence-corrected chi connectivity index (χ0v) is 9.81. The summed E-state index contributed by atoms with van der Waals surface area (Å²) in [4.78, 5) is 11.6. The van der Waals surface area contributed by atoms with Gasteiger partial charge in [-0.1, -0.05) is 6.07 Å². The highest BCUT2D eigenvalue weighted by atomic mass is 32.2. The summed E-state index contributed by atoms with van der Waals surface area (Å²) >= 11 is 0. The van der Waals surface area contributed by atoms with Crippen LogP contribution in [0.25, 0.3) is 0 Å². The van der Waals surface area contributed by atoms with Crippen molar-refractivity contribution in [2.45, 2.75) is 13.3 Å². The molecule has 0 unspecified atom stereocenters. The molecule has 1 amide bonds. The largest absolute Gasteiger partial charge is 0.316 e. The van der Waals surface area contributed by atoms with Crippen molar-refractivity contribution >= 4 is 33.5 Å². The molecule has 1 aliphatic heterocycles. The van der Waals surface area contributed by atoms with E-state index in [1.165, 1.54) is 17.1 Å². The molecule has 0 fully saturated rings. The van der Waals surface area contributed by atoms with Crippen molar-refractivity contribution in [3.8, 4) is 0 Å². The van der Waals surface area contributed by atoms with Crippen LogP contribution in [0.4, 0.5) is 11.4 Å². The summed E-state index contributed by atoms with van der Waals surface area (Å²) in [6.45, 7) is 1.76. The predicted molar refractivity (Wildman–Crippen MR) is 62.7 cm³/mol. The van der Waals surface area contributed by atoms with Crippen molar-refractivity contribution in [3.63, 3.8) is 0 Å². The van der Waals surface area contributed by atoms with Crippen LogP contribution in [-0.4, -0.2) is 20.0 Å². The summed E-state index contributed by atoms with van der Waals surface area (Å²) in [7, 11) is -2.51. The summed E-state index contributed by atoms with van der Waals surface area (Å²) in [6, 6.07) is 6.33. The molecule has 88 valence electrons. The standard InChI is InChI=1S/C10H9N3O3S/c1-7-5-10(14)13(11-7)9-4-2-3-8(6-9)12-17(15)16/h2-4,6H,5H2,1H3. The van der Waals surface area contributed by atoms with Crippen LogP contribution in [0.1, 0.15) is 13.3 Å². The first kappa shape index (κ1) is 11.5. The maximum atomic E-state index is 11.6. The summed E-state index contributed by atoms with van der Waals surface area (Å²) in [5.41, 5.74) is 1.51. The van der Waals surface area contributed by atoms with Crippen LogP contribution in [0.3, 0.4) is 0 Å². The molecule has 0 atom stereocenters. The molecule has 0 saturated carbocycles. The molecule has 17 heavy (non-hydrogen) atoms. The van der Waals surface area contributed by atoms with Gasteiger partial charge in [0, 0.05) is 5.71 Å². The first-order valence-corrected chi connectivity index (χ1v) is 5.87. The molecule has 0 radical (unpaired) electrons. The SMILES string of the molecule is CC1=NN(c2cccc(N=S(=O)=O)c2)C(=O)C1. The lowest BCUT2D eigenvalue weighted by Gasteiger charge is -2.11. The fraction of sp³-hybridized carbons (Fsp3) is 0.200. The average Bonchev–Trinajstić information content (AvgIpc) is 2.57. The zero-order valence-electron chi connectivity index (χ0n) is 8.99. The van der Waals surface area contributed by atoms with Crippen LogP contribution < -0.4 is 5.01 Å². The number of anilines is 1. The van der Waals surface area contributed by atoms with Crippen molar-refractivity contribution in [2.75, 3.05) is 5.01 Å². The first-order valence-electron chi connectivity index (χ1n) is 4.84. The van der Waals surface area contributed by atoms with Crippen LogP contribution in [0.2, 0.25) is 0 Å². The van der Waals surface area contributed by atoms with E-state index in [0.29, 0.717) is 5.69 Å². The Hall–Kier alpha value is -2.02. The van der Waals surface area contributed by atoms with E-state index in [2.05, 4.69) is 9.46 Å². The van der Waals surface area contributed by atoms with E-state index in [0.717, 1.165) is 5.71 Å². The second-order valence-electron chi connectivity index (χ2n) is 3.55. The normalized spacial score (nSPS) is 14.8. The van der Waals surface area contributed by atoms with Gasteiger partial charge in [-0.3, -0.25) is 4.79 Å². The van der Waals surface area contributed by atoms with Crippen molar-refractivity contribution in [1.29, 1.82) is 0 Å². The minimum Gasteiger partial charge on any atom is -0.272 e. The van der Waals surface area contributed by atoms with Gasteiger partial charge in [0.2, 0.25) is 0 Å². The lowest BCUT2D eigenvalue weighted by Crippen LogP contribution is -2.19. The number of carbonyl (C=O) groups is 1. The maximum Gasteiger partial charge on any atom is 0.316 e. The molecule has 0 bridgehead atoms. The van der Waals surface area contributed by atoms with Crippen LogP contribution in [0.5, 0.6) is 0 Å². The molecule has 1 heterocycles. The van der Waals surface area contributed by atoms with Gasteiger partial charge in [0.25, 0.3) is 5.91 Å². The fourth-order valence-corrected chi connectivity index (χ4v) is 1.81. The van der Waals surface area contributed by atoms with Crippen LogP contribution >= 0.6 is 0 Å². The second-order valence-corrected chi connectivity index (χ2v) is 4.16. The highest BCUT2D eigenvalue weighted by Crippen LogP contribution is 2.24. The smallest absolute Gasteiger partial charge is 0.272 e. The Morgan fingerprint density at radius 2 is 2.18 bits per heavy atom. The van der Waals surface area contributed by atoms with Gasteiger partial charge in [0.1, 0.15) is 0 Å². The molecule has 2 rings (SSSR count). The third-order valence-corrected chi connectivity index (χ3v) is 2.53. The van der Waals surface area contributed by atoms with Gasteiger partial charge >= 0.3 is 10.5 Å². The van der Waals surface area contributed by atoms with Gasteiger partial charge in [0.05, 0.1) is 17.8 Å². The van der Waals surface area contributed by atoms with Crippen molar-refractivity contribution in [2.24, 2.45) is 9.46 Å². The van der Waals surface area contributed by atoms with Crippen molar-refractivity contribution < 1.29 is 13.2 Å². The van der Waals surface area contributed by atoms with Crippen molar-refractivity contribution in [3.05, 3.63) is 24.3 Å². The molecule has 0 aromatic heterocycles. The number of hydrazone groups is 1. The fourth-order valence-electron chi connectivity index (χ4n) is 1.52. The van der Waals surface area contributed by atoms with E-state index >= 15 is 0 Å². The monoisotopic (exact) mass is 251 g/mol. The number of nitrogens with zero attached hydrogens (tertiary/aromatic N) is 3. The Morgan fingerprint density at radius 3 is 2.76 bits per heavy atom. The van der Waals surface area contributed by atoms with Crippen LogP contribution in [0, 0.1) is 0 Å².